The van der Waals surface area contributed by atoms with Gasteiger partial charge >= 0.3 is 0 Å². The van der Waals surface area contributed by atoms with E-state index in [1.165, 1.54) is 0 Å². The molecule has 0 saturated carbocycles. The zero-order chi connectivity index (χ0) is 23.4. The number of para-hydroxylation sites is 2. The van der Waals surface area contributed by atoms with Gasteiger partial charge in [0.15, 0.2) is 0 Å². The fraction of sp³-hybridized carbons (Fsp3) is 0.192. The van der Waals surface area contributed by atoms with Gasteiger partial charge in [-0.2, -0.15) is 0 Å². The van der Waals surface area contributed by atoms with Crippen LogP contribution in [-0.2, 0) is 4.79 Å². The van der Waals surface area contributed by atoms with Gasteiger partial charge in [-0.05, 0) is 54.4 Å². The maximum atomic E-state index is 13.0. The molecule has 1 atom stereocenters. The Morgan fingerprint density at radius 1 is 0.970 bits per heavy atom. The summed E-state index contributed by atoms with van der Waals surface area (Å²) >= 11 is 0. The maximum absolute atomic E-state index is 13.0. The number of hydrogen-bond acceptors (Lipinski definition) is 4. The number of anilines is 1. The van der Waals surface area contributed by atoms with Crippen molar-refractivity contribution in [3.05, 3.63) is 78.4 Å². The van der Waals surface area contributed by atoms with Crippen molar-refractivity contribution in [3.63, 3.8) is 0 Å². The van der Waals surface area contributed by atoms with E-state index in [0.717, 1.165) is 22.4 Å². The van der Waals surface area contributed by atoms with Crippen LogP contribution in [0.3, 0.4) is 0 Å². The van der Waals surface area contributed by atoms with E-state index in [4.69, 9.17) is 4.74 Å². The monoisotopic (exact) mass is 442 g/mol. The molecule has 33 heavy (non-hydrogen) atoms. The third kappa shape index (κ3) is 5.03. The van der Waals surface area contributed by atoms with Crippen LogP contribution in [0, 0.1) is 5.92 Å². The number of rotatable bonds is 7. The average molecular weight is 443 g/mol. The van der Waals surface area contributed by atoms with Gasteiger partial charge in [0, 0.05) is 16.8 Å². The van der Waals surface area contributed by atoms with Gasteiger partial charge in [0.2, 0.25) is 5.91 Å². The summed E-state index contributed by atoms with van der Waals surface area (Å²) in [5.74, 6) is 0.677. The molecule has 0 fully saturated rings. The molecule has 7 heteroatoms. The molecule has 3 N–H and O–H groups in total. The summed E-state index contributed by atoms with van der Waals surface area (Å²) in [7, 11) is 1.57. The predicted molar refractivity (Wildman–Crippen MR) is 129 cm³/mol. The second-order valence-corrected chi connectivity index (χ2v) is 8.10. The lowest BCUT2D eigenvalue weighted by molar-refractivity contribution is -0.118. The van der Waals surface area contributed by atoms with E-state index in [-0.39, 0.29) is 17.7 Å². The van der Waals surface area contributed by atoms with Crippen molar-refractivity contribution in [1.82, 2.24) is 15.3 Å². The lowest BCUT2D eigenvalue weighted by Gasteiger charge is -2.22. The number of methoxy groups -OCH3 is 1. The second-order valence-electron chi connectivity index (χ2n) is 8.10. The number of aromatic nitrogens is 2. The van der Waals surface area contributed by atoms with Gasteiger partial charge in [0.05, 0.1) is 18.1 Å². The topological polar surface area (TPSA) is 96.1 Å². The van der Waals surface area contributed by atoms with Crippen molar-refractivity contribution in [2.75, 3.05) is 12.4 Å². The number of nitrogens with zero attached hydrogens (tertiary/aromatic N) is 1. The fourth-order valence-electron chi connectivity index (χ4n) is 3.56. The Labute approximate surface area is 192 Å². The molecule has 0 spiro atoms. The molecule has 7 nitrogen and oxygen atoms in total. The van der Waals surface area contributed by atoms with Crippen molar-refractivity contribution in [2.45, 2.75) is 19.9 Å². The minimum absolute atomic E-state index is 0.106. The van der Waals surface area contributed by atoms with Gasteiger partial charge < -0.3 is 20.4 Å². The Morgan fingerprint density at radius 2 is 1.73 bits per heavy atom. The van der Waals surface area contributed by atoms with E-state index in [2.05, 4.69) is 20.6 Å². The Hall–Kier alpha value is -4.13. The van der Waals surface area contributed by atoms with Crippen LogP contribution in [0.4, 0.5) is 5.69 Å². The quantitative estimate of drug-likeness (QED) is 0.389. The zero-order valence-electron chi connectivity index (χ0n) is 18.8. The van der Waals surface area contributed by atoms with Gasteiger partial charge in [0.25, 0.3) is 5.91 Å². The lowest BCUT2D eigenvalue weighted by atomic mass is 10.0. The zero-order valence-corrected chi connectivity index (χ0v) is 18.8. The van der Waals surface area contributed by atoms with E-state index in [1.54, 1.807) is 31.4 Å². The standard InChI is InChI=1S/C26H26N4O3/c1-16(2)23(30-25(31)17-11-13-20(33-3)14-12-17)26(32)27-19-8-6-7-18(15-19)24-28-21-9-4-5-10-22(21)29-24/h4-16,23H,1-3H3,(H,27,32)(H,28,29)(H,30,31)/t23-/m1/s1. The summed E-state index contributed by atoms with van der Waals surface area (Å²) in [4.78, 5) is 33.7. The summed E-state index contributed by atoms with van der Waals surface area (Å²) in [5, 5.41) is 5.77. The van der Waals surface area contributed by atoms with E-state index in [9.17, 15) is 9.59 Å². The van der Waals surface area contributed by atoms with E-state index in [1.807, 2.05) is 62.4 Å². The molecule has 4 aromatic rings. The Bertz CT molecular complexity index is 1250. The number of aromatic amines is 1. The highest BCUT2D eigenvalue weighted by Crippen LogP contribution is 2.23. The molecule has 0 aliphatic heterocycles. The van der Waals surface area contributed by atoms with Gasteiger partial charge in [0.1, 0.15) is 17.6 Å². The average Bonchev–Trinajstić information content (AvgIpc) is 3.27. The van der Waals surface area contributed by atoms with E-state index < -0.39 is 6.04 Å². The first-order valence-electron chi connectivity index (χ1n) is 10.8. The molecular weight excluding hydrogens is 416 g/mol. The number of H-pyrrole nitrogens is 1. The molecule has 168 valence electrons. The van der Waals surface area contributed by atoms with Crippen molar-refractivity contribution in [2.24, 2.45) is 5.92 Å². The molecule has 0 aliphatic rings. The van der Waals surface area contributed by atoms with Crippen LogP contribution in [0.2, 0.25) is 0 Å². The van der Waals surface area contributed by atoms with Crippen molar-refractivity contribution < 1.29 is 14.3 Å². The molecule has 0 bridgehead atoms. The Balaban J connectivity index is 1.49. The highest BCUT2D eigenvalue weighted by molar-refractivity contribution is 6.01. The van der Waals surface area contributed by atoms with Gasteiger partial charge in [-0.25, -0.2) is 4.98 Å². The molecule has 0 unspecified atom stereocenters. The van der Waals surface area contributed by atoms with Crippen LogP contribution in [0.15, 0.2) is 72.8 Å². The summed E-state index contributed by atoms with van der Waals surface area (Å²) in [6, 6.07) is 21.3. The molecule has 0 radical (unpaired) electrons. The number of ether oxygens (including phenoxy) is 1. The van der Waals surface area contributed by atoms with Crippen molar-refractivity contribution in [1.29, 1.82) is 0 Å². The third-order valence-electron chi connectivity index (χ3n) is 5.38. The SMILES string of the molecule is COc1ccc(C(=O)N[C@@H](C(=O)Nc2cccc(-c3nc4ccccc4[nH]3)c2)C(C)C)cc1. The van der Waals surface area contributed by atoms with Crippen LogP contribution >= 0.6 is 0 Å². The lowest BCUT2D eigenvalue weighted by Crippen LogP contribution is -2.47. The van der Waals surface area contributed by atoms with Crippen molar-refractivity contribution in [3.8, 4) is 17.1 Å². The van der Waals surface area contributed by atoms with Crippen LogP contribution in [0.25, 0.3) is 22.4 Å². The van der Waals surface area contributed by atoms with Crippen LogP contribution < -0.4 is 15.4 Å². The van der Waals surface area contributed by atoms with Gasteiger partial charge in [-0.1, -0.05) is 38.1 Å². The Morgan fingerprint density at radius 3 is 2.42 bits per heavy atom. The third-order valence-corrected chi connectivity index (χ3v) is 5.38. The summed E-state index contributed by atoms with van der Waals surface area (Å²) in [6.45, 7) is 3.78. The first-order chi connectivity index (χ1) is 15.9. The first kappa shape index (κ1) is 22.1. The predicted octanol–water partition coefficient (Wildman–Crippen LogP) is 4.63. The number of nitrogens with one attached hydrogen (secondary N) is 3. The molecule has 1 aromatic heterocycles. The molecule has 0 saturated heterocycles. The second kappa shape index (κ2) is 9.56. The molecule has 0 aliphatic carbocycles. The molecule has 2 amide bonds. The van der Waals surface area contributed by atoms with Crippen molar-refractivity contribution >= 4 is 28.5 Å². The van der Waals surface area contributed by atoms with Gasteiger partial charge in [-0.15, -0.1) is 0 Å². The number of hydrogen-bond donors (Lipinski definition) is 3. The number of amides is 2. The van der Waals surface area contributed by atoms with E-state index >= 15 is 0 Å². The van der Waals surface area contributed by atoms with Crippen LogP contribution in [0.1, 0.15) is 24.2 Å². The minimum Gasteiger partial charge on any atom is -0.497 e. The van der Waals surface area contributed by atoms with E-state index in [0.29, 0.717) is 17.0 Å². The molecule has 4 rings (SSSR count). The fourth-order valence-corrected chi connectivity index (χ4v) is 3.56. The number of carbonyl (C=O) groups excluding carboxylic acids is 2. The highest BCUT2D eigenvalue weighted by Gasteiger charge is 2.25. The number of imidazole rings is 1. The van der Waals surface area contributed by atoms with Gasteiger partial charge in [-0.3, -0.25) is 9.59 Å². The summed E-state index contributed by atoms with van der Waals surface area (Å²) < 4.78 is 5.13. The number of fused-ring (bicyclic) bond motifs is 1. The van der Waals surface area contributed by atoms with Crippen LogP contribution in [0.5, 0.6) is 5.75 Å². The molecule has 3 aromatic carbocycles. The smallest absolute Gasteiger partial charge is 0.251 e. The van der Waals surface area contributed by atoms with Crippen LogP contribution in [-0.4, -0.2) is 34.9 Å². The Kier molecular flexibility index (Phi) is 6.40. The highest BCUT2D eigenvalue weighted by atomic mass is 16.5. The summed E-state index contributed by atoms with van der Waals surface area (Å²) in [6.07, 6.45) is 0. The molecule has 1 heterocycles. The minimum atomic E-state index is -0.700. The first-order valence-corrected chi connectivity index (χ1v) is 10.8. The molecular formula is C26H26N4O3. The number of carbonyl (C=O) groups is 2. The maximum Gasteiger partial charge on any atom is 0.251 e. The summed E-state index contributed by atoms with van der Waals surface area (Å²) in [5.41, 5.74) is 3.77. The number of benzene rings is 3. The normalized spacial score (nSPS) is 11.9. The largest absolute Gasteiger partial charge is 0.497 e.